The first-order valence-electron chi connectivity index (χ1n) is 11.7. The Kier molecular flexibility index (Phi) is 4.69. The number of allylic oxidation sites excluding steroid dienone is 2. The van der Waals surface area contributed by atoms with Crippen LogP contribution in [0.25, 0.3) is 0 Å². The molecule has 7 nitrogen and oxygen atoms in total. The molecule has 4 aliphatic rings. The molecule has 3 amide bonds. The summed E-state index contributed by atoms with van der Waals surface area (Å²) >= 11 is 0. The maximum absolute atomic E-state index is 13.1. The maximum atomic E-state index is 13.1. The molecule has 0 aromatic heterocycles. The molecule has 2 aromatic rings. The lowest BCUT2D eigenvalue weighted by atomic mass is 9.85. The fraction of sp³-hybridized carbons (Fsp3) is 0.333. The van der Waals surface area contributed by atoms with Crippen molar-refractivity contribution in [2.24, 2.45) is 29.6 Å². The Morgan fingerprint density at radius 2 is 1.59 bits per heavy atom. The van der Waals surface area contributed by atoms with Gasteiger partial charge in [0.05, 0.1) is 23.4 Å². The standard InChI is InChI=1S/C27H24N2O5/c1-15-5-9-19(10-6-15)28-14-18(12-22(28)30)27(33)34-21-4-2-3-20(13-21)29-25(31)23-16-7-8-17(11-16)24(23)26(29)32/h2-10,13,16-18,23-24H,11-12,14H2,1H3. The van der Waals surface area contributed by atoms with Crippen LogP contribution in [-0.2, 0) is 19.2 Å². The minimum absolute atomic E-state index is 0.0780. The Bertz CT molecular complexity index is 1220. The summed E-state index contributed by atoms with van der Waals surface area (Å²) < 4.78 is 5.59. The van der Waals surface area contributed by atoms with Gasteiger partial charge in [-0.25, -0.2) is 4.90 Å². The van der Waals surface area contributed by atoms with Crippen LogP contribution in [0.3, 0.4) is 0 Å². The second-order valence-corrected chi connectivity index (χ2v) is 9.67. The predicted octanol–water partition coefficient (Wildman–Crippen LogP) is 3.27. The van der Waals surface area contributed by atoms with Crippen LogP contribution in [0, 0.1) is 36.5 Å². The fourth-order valence-electron chi connectivity index (χ4n) is 5.88. The third-order valence-electron chi connectivity index (χ3n) is 7.57. The number of esters is 1. The minimum atomic E-state index is -0.589. The van der Waals surface area contributed by atoms with Gasteiger partial charge < -0.3 is 9.64 Å². The number of anilines is 2. The van der Waals surface area contributed by atoms with E-state index in [1.165, 1.54) is 4.90 Å². The molecule has 6 rings (SSSR count). The van der Waals surface area contributed by atoms with Crippen molar-refractivity contribution in [1.82, 2.24) is 0 Å². The summed E-state index contributed by atoms with van der Waals surface area (Å²) in [5.41, 5.74) is 2.26. The van der Waals surface area contributed by atoms with E-state index in [1.54, 1.807) is 29.2 Å². The number of aryl methyl sites for hydroxylation is 1. The van der Waals surface area contributed by atoms with Crippen LogP contribution in [0.5, 0.6) is 5.75 Å². The molecule has 2 heterocycles. The monoisotopic (exact) mass is 456 g/mol. The SMILES string of the molecule is Cc1ccc(N2CC(C(=O)Oc3cccc(N4C(=O)C5C6C=CC(C6)C5C4=O)c3)CC2=O)cc1. The second kappa shape index (κ2) is 7.65. The van der Waals surface area contributed by atoms with Gasteiger partial charge in [-0.1, -0.05) is 35.9 Å². The molecule has 2 bridgehead atoms. The number of carbonyl (C=O) groups excluding carboxylic acids is 4. The highest BCUT2D eigenvalue weighted by Gasteiger charge is 2.59. The Morgan fingerprint density at radius 3 is 2.26 bits per heavy atom. The van der Waals surface area contributed by atoms with Gasteiger partial charge in [0.15, 0.2) is 0 Å². The zero-order valence-corrected chi connectivity index (χ0v) is 18.7. The number of hydrogen-bond donors (Lipinski definition) is 0. The van der Waals surface area contributed by atoms with Crippen molar-refractivity contribution < 1.29 is 23.9 Å². The maximum Gasteiger partial charge on any atom is 0.316 e. The lowest BCUT2D eigenvalue weighted by molar-refractivity contribution is -0.139. The molecule has 1 saturated carbocycles. The lowest BCUT2D eigenvalue weighted by Crippen LogP contribution is -2.32. The van der Waals surface area contributed by atoms with E-state index in [1.807, 2.05) is 31.2 Å². The van der Waals surface area contributed by atoms with Crippen molar-refractivity contribution in [2.75, 3.05) is 16.3 Å². The first-order chi connectivity index (χ1) is 16.4. The van der Waals surface area contributed by atoms with Crippen LogP contribution in [0.1, 0.15) is 18.4 Å². The first-order valence-corrected chi connectivity index (χ1v) is 11.7. The van der Waals surface area contributed by atoms with Gasteiger partial charge in [-0.05, 0) is 49.4 Å². The van der Waals surface area contributed by atoms with Crippen LogP contribution < -0.4 is 14.5 Å². The molecule has 2 saturated heterocycles. The normalized spacial score (nSPS) is 29.3. The summed E-state index contributed by atoms with van der Waals surface area (Å²) in [6, 6.07) is 14.1. The van der Waals surface area contributed by atoms with E-state index in [9.17, 15) is 19.2 Å². The Balaban J connectivity index is 1.16. The number of ether oxygens (including phenoxy) is 1. The summed E-state index contributed by atoms with van der Waals surface area (Å²) in [7, 11) is 0. The van der Waals surface area contributed by atoms with Crippen LogP contribution in [0.2, 0.25) is 0 Å². The molecule has 5 atom stereocenters. The van der Waals surface area contributed by atoms with E-state index in [-0.39, 0.29) is 60.1 Å². The summed E-state index contributed by atoms with van der Waals surface area (Å²) in [6.45, 7) is 2.23. The zero-order valence-electron chi connectivity index (χ0n) is 18.7. The van der Waals surface area contributed by atoms with E-state index >= 15 is 0 Å². The molecule has 7 heteroatoms. The van der Waals surface area contributed by atoms with Crippen LogP contribution in [0.4, 0.5) is 11.4 Å². The summed E-state index contributed by atoms with van der Waals surface area (Å²) in [5.74, 6) is -1.62. The number of fused-ring (bicyclic) bond motifs is 5. The van der Waals surface area contributed by atoms with Gasteiger partial charge in [-0.2, -0.15) is 0 Å². The third kappa shape index (κ3) is 3.18. The molecule has 2 aliphatic carbocycles. The van der Waals surface area contributed by atoms with Gasteiger partial charge in [0.1, 0.15) is 5.75 Å². The summed E-state index contributed by atoms with van der Waals surface area (Å²) in [4.78, 5) is 54.4. The molecular formula is C27H24N2O5. The second-order valence-electron chi connectivity index (χ2n) is 9.67. The Labute approximate surface area is 197 Å². The van der Waals surface area contributed by atoms with E-state index in [0.29, 0.717) is 5.69 Å². The van der Waals surface area contributed by atoms with E-state index in [2.05, 4.69) is 12.2 Å². The van der Waals surface area contributed by atoms with Gasteiger partial charge in [0.2, 0.25) is 17.7 Å². The number of hydrogen-bond acceptors (Lipinski definition) is 5. The predicted molar refractivity (Wildman–Crippen MR) is 124 cm³/mol. The zero-order chi connectivity index (χ0) is 23.6. The smallest absolute Gasteiger partial charge is 0.316 e. The molecule has 0 spiro atoms. The highest BCUT2D eigenvalue weighted by atomic mass is 16.5. The van der Waals surface area contributed by atoms with E-state index < -0.39 is 11.9 Å². The van der Waals surface area contributed by atoms with Crippen LogP contribution >= 0.6 is 0 Å². The Hall–Kier alpha value is -3.74. The van der Waals surface area contributed by atoms with Crippen molar-refractivity contribution in [3.63, 3.8) is 0 Å². The Morgan fingerprint density at radius 1 is 0.912 bits per heavy atom. The van der Waals surface area contributed by atoms with Crippen molar-refractivity contribution in [1.29, 1.82) is 0 Å². The van der Waals surface area contributed by atoms with Crippen molar-refractivity contribution in [3.05, 3.63) is 66.2 Å². The minimum Gasteiger partial charge on any atom is -0.426 e. The van der Waals surface area contributed by atoms with Crippen molar-refractivity contribution in [3.8, 4) is 5.75 Å². The van der Waals surface area contributed by atoms with Gasteiger partial charge in [0, 0.05) is 24.7 Å². The molecule has 34 heavy (non-hydrogen) atoms. The third-order valence-corrected chi connectivity index (χ3v) is 7.57. The number of nitrogens with zero attached hydrogens (tertiary/aromatic N) is 2. The molecule has 2 aromatic carbocycles. The van der Waals surface area contributed by atoms with Gasteiger partial charge in [0.25, 0.3) is 0 Å². The van der Waals surface area contributed by atoms with Crippen molar-refractivity contribution in [2.45, 2.75) is 19.8 Å². The van der Waals surface area contributed by atoms with Gasteiger partial charge >= 0.3 is 5.97 Å². The quantitative estimate of drug-likeness (QED) is 0.305. The average molecular weight is 456 g/mol. The average Bonchev–Trinajstić information content (AvgIpc) is 3.58. The van der Waals surface area contributed by atoms with Crippen molar-refractivity contribution >= 4 is 35.1 Å². The lowest BCUT2D eigenvalue weighted by Gasteiger charge is -2.18. The van der Waals surface area contributed by atoms with Crippen LogP contribution in [-0.4, -0.2) is 30.2 Å². The highest BCUT2D eigenvalue weighted by molar-refractivity contribution is 6.22. The fourth-order valence-corrected chi connectivity index (χ4v) is 5.88. The molecular weight excluding hydrogens is 432 g/mol. The van der Waals surface area contributed by atoms with E-state index in [4.69, 9.17) is 4.74 Å². The number of benzene rings is 2. The number of imide groups is 1. The summed E-state index contributed by atoms with van der Waals surface area (Å²) in [6.07, 6.45) is 5.07. The molecule has 0 radical (unpaired) electrons. The topological polar surface area (TPSA) is 84.0 Å². The number of carbonyl (C=O) groups is 4. The highest BCUT2D eigenvalue weighted by Crippen LogP contribution is 2.53. The van der Waals surface area contributed by atoms with Crippen LogP contribution in [0.15, 0.2) is 60.7 Å². The molecule has 5 unspecified atom stereocenters. The molecule has 0 N–H and O–H groups in total. The number of rotatable bonds is 4. The van der Waals surface area contributed by atoms with Gasteiger partial charge in [-0.15, -0.1) is 0 Å². The van der Waals surface area contributed by atoms with E-state index in [0.717, 1.165) is 17.7 Å². The first kappa shape index (κ1) is 20.8. The molecule has 3 fully saturated rings. The molecule has 2 aliphatic heterocycles. The van der Waals surface area contributed by atoms with Gasteiger partial charge in [-0.3, -0.25) is 19.2 Å². The number of amides is 3. The summed E-state index contributed by atoms with van der Waals surface area (Å²) in [5, 5.41) is 0. The molecule has 172 valence electrons. The largest absolute Gasteiger partial charge is 0.426 e.